The monoisotopic (exact) mass is 339 g/mol. The number of halogens is 2. The summed E-state index contributed by atoms with van der Waals surface area (Å²) in [6.45, 7) is 1.93. The zero-order valence-corrected chi connectivity index (χ0v) is 14.0. The lowest BCUT2D eigenvalue weighted by molar-refractivity contribution is -0.121. The fourth-order valence-corrected chi connectivity index (χ4v) is 3.43. The van der Waals surface area contributed by atoms with Gasteiger partial charge in [-0.3, -0.25) is 9.59 Å². The quantitative estimate of drug-likeness (QED) is 0.776. The molecule has 118 valence electrons. The molecule has 1 aliphatic carbocycles. The molecular formula is C17H19Cl2NO2. The van der Waals surface area contributed by atoms with Gasteiger partial charge in [0.1, 0.15) is 5.78 Å². The lowest BCUT2D eigenvalue weighted by Gasteiger charge is -2.16. The first-order valence-electron chi connectivity index (χ1n) is 7.39. The Morgan fingerprint density at radius 1 is 1.32 bits per heavy atom. The SMILES string of the molecule is C/C=C\C[C@@H]1C(=O)CC[C@H]1CC(=O)Nc1cc(Cl)cc(Cl)c1. The molecule has 1 aromatic carbocycles. The van der Waals surface area contributed by atoms with E-state index >= 15 is 0 Å². The first kappa shape index (κ1) is 17.0. The number of hydrogen-bond acceptors (Lipinski definition) is 2. The molecule has 0 aromatic heterocycles. The summed E-state index contributed by atoms with van der Waals surface area (Å²) in [6, 6.07) is 4.92. The van der Waals surface area contributed by atoms with E-state index in [1.807, 2.05) is 19.1 Å². The maximum absolute atomic E-state index is 12.2. The van der Waals surface area contributed by atoms with Crippen LogP contribution < -0.4 is 5.32 Å². The van der Waals surface area contributed by atoms with Crippen molar-refractivity contribution in [3.8, 4) is 0 Å². The molecule has 1 fully saturated rings. The minimum absolute atomic E-state index is 0.0371. The molecule has 2 rings (SSSR count). The van der Waals surface area contributed by atoms with Gasteiger partial charge in [0.15, 0.2) is 0 Å². The van der Waals surface area contributed by atoms with Crippen LogP contribution in [0.5, 0.6) is 0 Å². The minimum atomic E-state index is -0.108. The standard InChI is InChI=1S/C17H19Cl2NO2/c1-2-3-4-15-11(5-6-16(15)21)7-17(22)20-14-9-12(18)8-13(19)10-14/h2-3,8-11,15H,4-7H2,1H3,(H,20,22)/b3-2-/t11-,15-/m0/s1. The smallest absolute Gasteiger partial charge is 0.224 e. The molecule has 1 N–H and O–H groups in total. The van der Waals surface area contributed by atoms with Gasteiger partial charge in [-0.2, -0.15) is 0 Å². The molecule has 0 saturated heterocycles. The fourth-order valence-electron chi connectivity index (χ4n) is 2.90. The van der Waals surface area contributed by atoms with Gasteiger partial charge < -0.3 is 5.32 Å². The van der Waals surface area contributed by atoms with E-state index in [4.69, 9.17) is 23.2 Å². The topological polar surface area (TPSA) is 46.2 Å². The van der Waals surface area contributed by atoms with E-state index in [9.17, 15) is 9.59 Å². The maximum Gasteiger partial charge on any atom is 0.224 e. The van der Waals surface area contributed by atoms with Crippen LogP contribution in [0, 0.1) is 11.8 Å². The van der Waals surface area contributed by atoms with Gasteiger partial charge in [-0.25, -0.2) is 0 Å². The Balaban J connectivity index is 1.97. The third kappa shape index (κ3) is 4.59. The molecule has 1 aliphatic rings. The lowest BCUT2D eigenvalue weighted by atomic mass is 9.89. The molecular weight excluding hydrogens is 321 g/mol. The third-order valence-electron chi connectivity index (χ3n) is 3.96. The highest BCUT2D eigenvalue weighted by atomic mass is 35.5. The van der Waals surface area contributed by atoms with Crippen molar-refractivity contribution in [3.05, 3.63) is 40.4 Å². The normalized spacial score (nSPS) is 21.5. The summed E-state index contributed by atoms with van der Waals surface area (Å²) in [6.07, 6.45) is 6.36. The van der Waals surface area contributed by atoms with Crippen molar-refractivity contribution < 1.29 is 9.59 Å². The molecule has 1 amide bonds. The Kier molecular flexibility index (Phi) is 6.04. The molecule has 0 radical (unpaired) electrons. The molecule has 0 bridgehead atoms. The van der Waals surface area contributed by atoms with E-state index in [0.717, 1.165) is 12.8 Å². The number of carbonyl (C=O) groups excluding carboxylic acids is 2. The van der Waals surface area contributed by atoms with Gasteiger partial charge in [0.2, 0.25) is 5.91 Å². The Hall–Kier alpha value is -1.32. The Morgan fingerprint density at radius 2 is 2.00 bits per heavy atom. The van der Waals surface area contributed by atoms with E-state index in [2.05, 4.69) is 5.32 Å². The summed E-state index contributed by atoms with van der Waals surface area (Å²) in [4.78, 5) is 24.1. The van der Waals surface area contributed by atoms with Gasteiger partial charge in [-0.15, -0.1) is 0 Å². The van der Waals surface area contributed by atoms with Gasteiger partial charge in [0.25, 0.3) is 0 Å². The van der Waals surface area contributed by atoms with Crippen molar-refractivity contribution in [2.24, 2.45) is 11.8 Å². The molecule has 0 heterocycles. The van der Waals surface area contributed by atoms with E-state index in [-0.39, 0.29) is 23.5 Å². The highest BCUT2D eigenvalue weighted by Gasteiger charge is 2.34. The molecule has 0 unspecified atom stereocenters. The first-order valence-corrected chi connectivity index (χ1v) is 8.15. The van der Waals surface area contributed by atoms with Crippen LogP contribution >= 0.6 is 23.2 Å². The maximum atomic E-state index is 12.2. The molecule has 2 atom stereocenters. The van der Waals surface area contributed by atoms with Crippen molar-refractivity contribution in [2.45, 2.75) is 32.6 Å². The average molecular weight is 340 g/mol. The molecule has 1 aromatic rings. The van der Waals surface area contributed by atoms with Crippen LogP contribution in [0.15, 0.2) is 30.4 Å². The lowest BCUT2D eigenvalue weighted by Crippen LogP contribution is -2.21. The van der Waals surface area contributed by atoms with Crippen LogP contribution in [0.3, 0.4) is 0 Å². The van der Waals surface area contributed by atoms with E-state index in [0.29, 0.717) is 28.6 Å². The average Bonchev–Trinajstić information content (AvgIpc) is 2.75. The Morgan fingerprint density at radius 3 is 2.64 bits per heavy atom. The van der Waals surface area contributed by atoms with Gasteiger partial charge >= 0.3 is 0 Å². The van der Waals surface area contributed by atoms with Crippen molar-refractivity contribution in [1.82, 2.24) is 0 Å². The van der Waals surface area contributed by atoms with Crippen molar-refractivity contribution in [3.63, 3.8) is 0 Å². The van der Waals surface area contributed by atoms with Gasteiger partial charge in [-0.1, -0.05) is 35.4 Å². The largest absolute Gasteiger partial charge is 0.326 e. The van der Waals surface area contributed by atoms with Crippen molar-refractivity contribution >= 4 is 40.6 Å². The van der Waals surface area contributed by atoms with E-state index in [1.165, 1.54) is 0 Å². The van der Waals surface area contributed by atoms with Crippen molar-refractivity contribution in [2.75, 3.05) is 5.32 Å². The number of carbonyl (C=O) groups is 2. The summed E-state index contributed by atoms with van der Waals surface area (Å²) in [5.41, 5.74) is 0.580. The first-order chi connectivity index (χ1) is 10.5. The molecule has 5 heteroatoms. The van der Waals surface area contributed by atoms with Crippen molar-refractivity contribution in [1.29, 1.82) is 0 Å². The van der Waals surface area contributed by atoms with Crippen LogP contribution in [-0.4, -0.2) is 11.7 Å². The van der Waals surface area contributed by atoms with Crippen LogP contribution in [0.4, 0.5) is 5.69 Å². The number of Topliss-reactive ketones (excluding diaryl/α,β-unsaturated/α-hetero) is 1. The number of amides is 1. The number of ketones is 1. The third-order valence-corrected chi connectivity index (χ3v) is 4.40. The van der Waals surface area contributed by atoms with Gasteiger partial charge in [0, 0.05) is 34.5 Å². The van der Waals surface area contributed by atoms with Crippen LogP contribution in [0.25, 0.3) is 0 Å². The number of benzene rings is 1. The number of allylic oxidation sites excluding steroid dienone is 2. The van der Waals surface area contributed by atoms with Crippen LogP contribution in [-0.2, 0) is 9.59 Å². The van der Waals surface area contributed by atoms with Crippen LogP contribution in [0.2, 0.25) is 10.0 Å². The zero-order chi connectivity index (χ0) is 16.1. The van der Waals surface area contributed by atoms with Gasteiger partial charge in [-0.05, 0) is 43.9 Å². The highest BCUT2D eigenvalue weighted by Crippen LogP contribution is 2.34. The number of anilines is 1. The number of nitrogens with one attached hydrogen (secondary N) is 1. The second-order valence-electron chi connectivity index (χ2n) is 5.59. The summed E-state index contributed by atoms with van der Waals surface area (Å²) < 4.78 is 0. The molecule has 0 aliphatic heterocycles. The summed E-state index contributed by atoms with van der Waals surface area (Å²) in [5, 5.41) is 3.76. The second kappa shape index (κ2) is 7.80. The Bertz CT molecular complexity index is 578. The predicted molar refractivity (Wildman–Crippen MR) is 90.4 cm³/mol. The molecule has 3 nitrogen and oxygen atoms in total. The summed E-state index contributed by atoms with van der Waals surface area (Å²) >= 11 is 11.8. The Labute approximate surface area is 140 Å². The molecule has 1 saturated carbocycles. The second-order valence-corrected chi connectivity index (χ2v) is 6.46. The molecule has 0 spiro atoms. The number of rotatable bonds is 5. The predicted octanol–water partition coefficient (Wildman–Crippen LogP) is 4.88. The van der Waals surface area contributed by atoms with Gasteiger partial charge in [0.05, 0.1) is 0 Å². The minimum Gasteiger partial charge on any atom is -0.326 e. The number of hydrogen-bond donors (Lipinski definition) is 1. The summed E-state index contributed by atoms with van der Waals surface area (Å²) in [5.74, 6) is 0.230. The van der Waals surface area contributed by atoms with E-state index in [1.54, 1.807) is 18.2 Å². The highest BCUT2D eigenvalue weighted by molar-refractivity contribution is 6.35. The van der Waals surface area contributed by atoms with Crippen LogP contribution in [0.1, 0.15) is 32.6 Å². The molecule has 22 heavy (non-hydrogen) atoms. The fraction of sp³-hybridized carbons (Fsp3) is 0.412. The zero-order valence-electron chi connectivity index (χ0n) is 12.4. The summed E-state index contributed by atoms with van der Waals surface area (Å²) in [7, 11) is 0. The van der Waals surface area contributed by atoms with E-state index < -0.39 is 0 Å².